The van der Waals surface area contributed by atoms with Gasteiger partial charge in [0.1, 0.15) is 27.8 Å². The molecule has 68 heavy (non-hydrogen) atoms. The van der Waals surface area contributed by atoms with Gasteiger partial charge in [-0.1, -0.05) is 54.7 Å². The molecule has 1 heterocycles. The molecule has 0 atom stereocenters. The molecule has 5 aromatic carbocycles. The summed E-state index contributed by atoms with van der Waals surface area (Å²) in [7, 11) is 0. The maximum Gasteiger partial charge on any atom is 0.414 e. The molecule has 18 nitrogen and oxygen atoms in total. The van der Waals surface area contributed by atoms with E-state index in [9.17, 15) is 28.8 Å². The Balaban J connectivity index is 1.24. The molecule has 6 rings (SSSR count). The quantitative estimate of drug-likeness (QED) is 0.00765. The summed E-state index contributed by atoms with van der Waals surface area (Å²) in [5, 5.41) is 0.340. The summed E-state index contributed by atoms with van der Waals surface area (Å²) in [5.41, 5.74) is 5.03. The van der Waals surface area contributed by atoms with Gasteiger partial charge in [0.25, 0.3) is 6.21 Å². The molecule has 0 aliphatic rings. The summed E-state index contributed by atoms with van der Waals surface area (Å²) < 4.78 is 42.9. The first kappa shape index (κ1) is 48.4. The van der Waals surface area contributed by atoms with Crippen molar-refractivity contribution < 1.29 is 76.3 Å². The lowest BCUT2D eigenvalue weighted by atomic mass is 10.1. The highest BCUT2D eigenvalue weighted by Crippen LogP contribution is 2.27. The van der Waals surface area contributed by atoms with Crippen LogP contribution in [0.25, 0.3) is 10.2 Å². The van der Waals surface area contributed by atoms with E-state index in [1.54, 1.807) is 12.1 Å². The van der Waals surface area contributed by atoms with Crippen LogP contribution in [-0.4, -0.2) is 78.8 Å². The van der Waals surface area contributed by atoms with Gasteiger partial charge in [-0.3, -0.25) is 0 Å². The van der Waals surface area contributed by atoms with Crippen molar-refractivity contribution in [1.29, 1.82) is 0 Å². The molecule has 0 saturated heterocycles. The number of hydrazine groups is 1. The third-order valence-electron chi connectivity index (χ3n) is 8.89. The molecule has 0 aliphatic heterocycles. The van der Waals surface area contributed by atoms with Crippen molar-refractivity contribution in [3.05, 3.63) is 181 Å². The average Bonchev–Trinajstić information content (AvgIpc) is 3.77. The Labute approximate surface area is 391 Å². The normalized spacial score (nSPS) is 10.7. The molecule has 0 radical (unpaired) electrons. The summed E-state index contributed by atoms with van der Waals surface area (Å²) in [5.74, 6) is -3.18. The fraction of sp³-hybridized carbons (Fsp3) is 0.102. The van der Waals surface area contributed by atoms with Crippen molar-refractivity contribution in [2.45, 2.75) is 6.42 Å². The van der Waals surface area contributed by atoms with E-state index in [-0.39, 0.29) is 61.4 Å². The predicted molar refractivity (Wildman–Crippen MR) is 244 cm³/mol. The molecule has 1 aromatic heterocycles. The molecule has 19 heteroatoms. The van der Waals surface area contributed by atoms with E-state index in [4.69, 9.17) is 42.7 Å². The van der Waals surface area contributed by atoms with E-state index in [2.05, 4.69) is 30.1 Å². The number of para-hydroxylation sites is 1. The number of anilines is 1. The summed E-state index contributed by atoms with van der Waals surface area (Å²) in [6, 6.07) is 30.0. The van der Waals surface area contributed by atoms with Gasteiger partial charge in [-0.05, 0) is 103 Å². The van der Waals surface area contributed by atoms with E-state index in [1.807, 2.05) is 24.3 Å². The van der Waals surface area contributed by atoms with Gasteiger partial charge < -0.3 is 37.9 Å². The summed E-state index contributed by atoms with van der Waals surface area (Å²) in [6.45, 7) is 8.82. The first-order chi connectivity index (χ1) is 33.0. The molecule has 0 unspecified atom stereocenters. The van der Waals surface area contributed by atoms with Crippen LogP contribution in [-0.2, 0) is 44.6 Å². The van der Waals surface area contributed by atoms with Gasteiger partial charge in [0, 0.05) is 24.6 Å². The van der Waals surface area contributed by atoms with Crippen LogP contribution in [0.4, 0.5) is 5.13 Å². The number of carbonyl (C=O) groups excluding carboxylic acids is 6. The maximum absolute atomic E-state index is 13.7. The van der Waals surface area contributed by atoms with Crippen molar-refractivity contribution in [2.24, 2.45) is 0 Å². The van der Waals surface area contributed by atoms with Gasteiger partial charge in [-0.15, -0.1) is 0 Å². The Morgan fingerprint density at radius 1 is 0.588 bits per heavy atom. The second-order valence-corrected chi connectivity index (χ2v) is 14.5. The van der Waals surface area contributed by atoms with Gasteiger partial charge in [-0.2, -0.15) is 4.84 Å². The third kappa shape index (κ3) is 14.5. The zero-order chi connectivity index (χ0) is 48.3. The minimum atomic E-state index is -0.821. The zero-order valence-corrected chi connectivity index (χ0v) is 36.7. The number of esters is 5. The number of nitrogens with one attached hydrogen (secondary N) is 1. The fourth-order valence-electron chi connectivity index (χ4n) is 5.52. The number of hydrogen-bond donors (Lipinski definition) is 1. The van der Waals surface area contributed by atoms with Crippen molar-refractivity contribution in [3.8, 4) is 23.0 Å². The largest absolute Gasteiger partial charge is 0.462 e. The van der Waals surface area contributed by atoms with E-state index in [0.717, 1.165) is 27.8 Å². The number of thiazole rings is 1. The van der Waals surface area contributed by atoms with Crippen LogP contribution in [0, 0.1) is 0 Å². The highest BCUT2D eigenvalue weighted by molar-refractivity contribution is 7.22. The molecule has 0 spiro atoms. The van der Waals surface area contributed by atoms with Crippen LogP contribution in [0.2, 0.25) is 0 Å². The lowest BCUT2D eigenvalue weighted by Crippen LogP contribution is -2.25. The Kier molecular flexibility index (Phi) is 17.3. The van der Waals surface area contributed by atoms with Crippen molar-refractivity contribution >= 4 is 68.7 Å². The minimum Gasteiger partial charge on any atom is -0.462 e. The number of ether oxygens (including phenoxy) is 8. The van der Waals surface area contributed by atoms with Gasteiger partial charge in [0.2, 0.25) is 25.5 Å². The van der Waals surface area contributed by atoms with Crippen molar-refractivity contribution in [2.75, 3.05) is 32.4 Å². The zero-order valence-electron chi connectivity index (χ0n) is 35.9. The Morgan fingerprint density at radius 3 is 1.60 bits per heavy atom. The molecule has 346 valence electrons. The lowest BCUT2D eigenvalue weighted by molar-refractivity contribution is -0.733. The molecular weight excluding hydrogens is 903 g/mol. The molecule has 6 aromatic rings. The van der Waals surface area contributed by atoms with Gasteiger partial charge in [0.15, 0.2) is 0 Å². The highest BCUT2D eigenvalue weighted by Gasteiger charge is 2.23. The lowest BCUT2D eigenvalue weighted by Gasteiger charge is -2.11. The molecule has 0 aliphatic carbocycles. The molecule has 1 N–H and O–H groups in total. The minimum absolute atomic E-state index is 0.0415. The van der Waals surface area contributed by atoms with Gasteiger partial charge in [0.05, 0.1) is 39.1 Å². The van der Waals surface area contributed by atoms with E-state index in [1.165, 1.54) is 96.4 Å². The van der Waals surface area contributed by atoms with Crippen molar-refractivity contribution in [1.82, 2.24) is 4.98 Å². The fourth-order valence-corrected chi connectivity index (χ4v) is 6.37. The number of carbonyl (C=O) groups is 6. The molecule has 0 saturated carbocycles. The standard InChI is InChI=1S/C49H40N3O15S/c1-4-43(53)63-29-60-37-18-12-33(13-19-37)46(56)59-26-25-32-11-24-41(66-47(57)34-14-20-38(21-15-34)61-30-64-44(54)5-2)36(27-32)28-52(51-49-50-40-9-7-8-10-42(40)68-49)67-48(58)35-16-22-39(23-17-35)62-31-65-45(55)6-3/h4-24,27-28H,1-3,25-26,29-31H2,(H,50,51)/q+1/b52-28-. The molecule has 0 bridgehead atoms. The maximum atomic E-state index is 13.7. The van der Waals surface area contributed by atoms with Crippen LogP contribution in [0.1, 0.15) is 42.2 Å². The van der Waals surface area contributed by atoms with Crippen LogP contribution in [0.5, 0.6) is 23.0 Å². The SMILES string of the molecule is C=CC(=O)OCOc1ccc(C(=O)OCCc2ccc(OC(=O)c3ccc(OCOC(=O)C=C)cc3)c(/C=[N+](/Nc3nc4ccccc4s3)OC(=O)c3ccc(OCOC(=O)C=C)cc3)c2)cc1. The average molecular weight is 943 g/mol. The van der Waals surface area contributed by atoms with Gasteiger partial charge in [-0.25, -0.2) is 33.8 Å². The predicted octanol–water partition coefficient (Wildman–Crippen LogP) is 7.34. The number of hydrazone groups is 1. The smallest absolute Gasteiger partial charge is 0.414 e. The Bertz CT molecular complexity index is 2810. The van der Waals surface area contributed by atoms with Crippen LogP contribution < -0.4 is 24.4 Å². The Hall–Kier alpha value is -9.10. The monoisotopic (exact) mass is 942 g/mol. The van der Waals surface area contributed by atoms with E-state index in [0.29, 0.717) is 33.5 Å². The van der Waals surface area contributed by atoms with Crippen LogP contribution >= 0.6 is 11.3 Å². The number of nitrogens with zero attached hydrogens (tertiary/aromatic N) is 2. The summed E-state index contributed by atoms with van der Waals surface area (Å²) in [4.78, 5) is 85.7. The topological polar surface area (TPSA) is 213 Å². The number of hydrogen-bond acceptors (Lipinski definition) is 18. The van der Waals surface area contributed by atoms with Crippen LogP contribution in [0.3, 0.4) is 0 Å². The van der Waals surface area contributed by atoms with Gasteiger partial charge >= 0.3 is 35.8 Å². The number of benzene rings is 5. The second-order valence-electron chi connectivity index (χ2n) is 13.4. The highest BCUT2D eigenvalue weighted by atomic mass is 32.1. The molecule has 0 amide bonds. The number of fused-ring (bicyclic) bond motifs is 1. The number of rotatable bonds is 23. The second kappa shape index (κ2) is 24.3. The first-order valence-electron chi connectivity index (χ1n) is 20.1. The molecule has 0 fully saturated rings. The summed E-state index contributed by atoms with van der Waals surface area (Å²) in [6.07, 6.45) is 4.57. The number of aromatic nitrogens is 1. The molecular formula is C49H40N3O15S+. The van der Waals surface area contributed by atoms with Crippen LogP contribution in [0.15, 0.2) is 153 Å². The first-order valence-corrected chi connectivity index (χ1v) is 20.9. The summed E-state index contributed by atoms with van der Waals surface area (Å²) >= 11 is 1.28. The van der Waals surface area contributed by atoms with E-state index < -0.39 is 35.8 Å². The third-order valence-corrected chi connectivity index (χ3v) is 9.83. The van der Waals surface area contributed by atoms with E-state index >= 15 is 0 Å². The van der Waals surface area contributed by atoms with Crippen molar-refractivity contribution in [3.63, 3.8) is 0 Å². The Morgan fingerprint density at radius 2 is 1.09 bits per heavy atom.